The normalized spacial score (nSPS) is 17.9. The highest BCUT2D eigenvalue weighted by atomic mass is 32.2. The summed E-state index contributed by atoms with van der Waals surface area (Å²) < 4.78 is 1.85. The average Bonchev–Trinajstić information content (AvgIpc) is 3.18. The molecule has 1 aromatic heterocycles. The molecule has 0 radical (unpaired) electrons. The lowest BCUT2D eigenvalue weighted by molar-refractivity contribution is -0.124. The molecule has 1 atom stereocenters. The number of primary amides is 1. The zero-order valence-corrected chi connectivity index (χ0v) is 14.2. The number of aromatic nitrogens is 2. The van der Waals surface area contributed by atoms with Crippen molar-refractivity contribution >= 4 is 40.8 Å². The van der Waals surface area contributed by atoms with Crippen molar-refractivity contribution in [3.63, 3.8) is 0 Å². The van der Waals surface area contributed by atoms with Gasteiger partial charge in [0.25, 0.3) is 0 Å². The summed E-state index contributed by atoms with van der Waals surface area (Å²) in [6.07, 6.45) is 5.12. The largest absolute Gasteiger partial charge is 0.368 e. The molecule has 1 aliphatic carbocycles. The molecule has 1 unspecified atom stereocenters. The quantitative estimate of drug-likeness (QED) is 0.673. The molecule has 0 aromatic carbocycles. The van der Waals surface area contributed by atoms with E-state index in [1.807, 2.05) is 6.26 Å². The van der Waals surface area contributed by atoms with Gasteiger partial charge in [0, 0.05) is 5.75 Å². The standard InChI is InChI=1S/C12H20N4OS3/c1-3-6-14-12(9(13)17,8-4-5-8)7-19-11-16-15-10(18-2)20-11/h8,14H,3-7H2,1-2H3,(H2,13,17). The fourth-order valence-corrected chi connectivity index (χ4v) is 4.85. The van der Waals surface area contributed by atoms with E-state index in [1.165, 1.54) is 0 Å². The molecule has 1 fully saturated rings. The Morgan fingerprint density at radius 3 is 2.70 bits per heavy atom. The van der Waals surface area contributed by atoms with Gasteiger partial charge >= 0.3 is 0 Å². The number of hydrogen-bond acceptors (Lipinski definition) is 7. The number of nitrogens with zero attached hydrogens (tertiary/aromatic N) is 2. The van der Waals surface area contributed by atoms with Crippen molar-refractivity contribution in [2.75, 3.05) is 18.6 Å². The first kappa shape index (κ1) is 16.1. The maximum Gasteiger partial charge on any atom is 0.238 e. The lowest BCUT2D eigenvalue weighted by Crippen LogP contribution is -2.59. The summed E-state index contributed by atoms with van der Waals surface area (Å²) >= 11 is 4.73. The van der Waals surface area contributed by atoms with E-state index in [1.54, 1.807) is 34.9 Å². The van der Waals surface area contributed by atoms with Gasteiger partial charge in [-0.3, -0.25) is 4.79 Å². The summed E-state index contributed by atoms with van der Waals surface area (Å²) in [5, 5.41) is 11.6. The zero-order chi connectivity index (χ0) is 14.6. The van der Waals surface area contributed by atoms with E-state index in [9.17, 15) is 4.79 Å². The summed E-state index contributed by atoms with van der Waals surface area (Å²) in [6, 6.07) is 0. The Bertz CT molecular complexity index is 463. The molecule has 5 nitrogen and oxygen atoms in total. The predicted molar refractivity (Wildman–Crippen MR) is 85.4 cm³/mol. The summed E-state index contributed by atoms with van der Waals surface area (Å²) in [6.45, 7) is 2.90. The molecule has 8 heteroatoms. The highest BCUT2D eigenvalue weighted by Crippen LogP contribution is 2.42. The van der Waals surface area contributed by atoms with E-state index in [-0.39, 0.29) is 5.91 Å². The molecule has 1 aromatic rings. The third kappa shape index (κ3) is 3.66. The number of carbonyl (C=O) groups excluding carboxylic acids is 1. The second kappa shape index (κ2) is 7.11. The van der Waals surface area contributed by atoms with Crippen molar-refractivity contribution in [3.8, 4) is 0 Å². The fourth-order valence-electron chi connectivity index (χ4n) is 2.11. The highest BCUT2D eigenvalue weighted by Gasteiger charge is 2.49. The van der Waals surface area contributed by atoms with Crippen LogP contribution in [0.5, 0.6) is 0 Å². The Balaban J connectivity index is 2.04. The molecule has 3 N–H and O–H groups in total. The second-order valence-corrected chi connectivity index (χ2v) is 8.12. The minimum atomic E-state index is -0.591. The van der Waals surface area contributed by atoms with Crippen LogP contribution in [0, 0.1) is 5.92 Å². The van der Waals surface area contributed by atoms with Crippen LogP contribution in [-0.4, -0.2) is 40.2 Å². The molecule has 1 heterocycles. The summed E-state index contributed by atoms with van der Waals surface area (Å²) in [5.41, 5.74) is 5.11. The van der Waals surface area contributed by atoms with Crippen molar-refractivity contribution in [2.45, 2.75) is 40.4 Å². The average molecular weight is 333 g/mol. The molecule has 0 aliphatic heterocycles. The van der Waals surface area contributed by atoms with Crippen LogP contribution in [0.25, 0.3) is 0 Å². The molecule has 2 rings (SSSR count). The first-order valence-electron chi connectivity index (χ1n) is 6.67. The van der Waals surface area contributed by atoms with Crippen molar-refractivity contribution in [1.29, 1.82) is 0 Å². The van der Waals surface area contributed by atoms with Gasteiger partial charge in [-0.05, 0) is 38.0 Å². The molecule has 1 amide bonds. The van der Waals surface area contributed by atoms with E-state index in [0.29, 0.717) is 11.7 Å². The minimum absolute atomic E-state index is 0.240. The Hall–Kier alpha value is -0.310. The molecule has 112 valence electrons. The van der Waals surface area contributed by atoms with Crippen LogP contribution in [0.2, 0.25) is 0 Å². The molecule has 1 aliphatic rings. The number of nitrogens with one attached hydrogen (secondary N) is 1. The van der Waals surface area contributed by atoms with Gasteiger partial charge in [0.05, 0.1) is 0 Å². The zero-order valence-electron chi connectivity index (χ0n) is 11.7. The molecule has 0 saturated heterocycles. The van der Waals surface area contributed by atoms with Crippen LogP contribution >= 0.6 is 34.9 Å². The van der Waals surface area contributed by atoms with Crippen LogP contribution in [0.4, 0.5) is 0 Å². The number of nitrogens with two attached hydrogens (primary N) is 1. The Labute approximate surface area is 131 Å². The molecule has 0 spiro atoms. The maximum absolute atomic E-state index is 12.0. The van der Waals surface area contributed by atoms with Crippen molar-refractivity contribution in [2.24, 2.45) is 11.7 Å². The van der Waals surface area contributed by atoms with Gasteiger partial charge in [0.2, 0.25) is 5.91 Å². The van der Waals surface area contributed by atoms with Crippen molar-refractivity contribution in [1.82, 2.24) is 15.5 Å². The van der Waals surface area contributed by atoms with Gasteiger partial charge in [-0.2, -0.15) is 0 Å². The number of rotatable bonds is 9. The van der Waals surface area contributed by atoms with Gasteiger partial charge in [-0.1, -0.05) is 41.8 Å². The Morgan fingerprint density at radius 2 is 2.20 bits per heavy atom. The monoisotopic (exact) mass is 332 g/mol. The van der Waals surface area contributed by atoms with Crippen molar-refractivity contribution in [3.05, 3.63) is 0 Å². The molecular weight excluding hydrogens is 312 g/mol. The topological polar surface area (TPSA) is 80.9 Å². The Kier molecular flexibility index (Phi) is 5.71. The number of amides is 1. The smallest absolute Gasteiger partial charge is 0.238 e. The summed E-state index contributed by atoms with van der Waals surface area (Å²) in [4.78, 5) is 12.0. The number of hydrogen-bond donors (Lipinski definition) is 2. The van der Waals surface area contributed by atoms with Gasteiger partial charge in [-0.15, -0.1) is 10.2 Å². The first-order chi connectivity index (χ1) is 9.62. The van der Waals surface area contributed by atoms with Gasteiger partial charge in [0.15, 0.2) is 8.68 Å². The SMILES string of the molecule is CCCNC(CSc1nnc(SC)s1)(C(N)=O)C1CC1. The summed E-state index contributed by atoms with van der Waals surface area (Å²) in [5.74, 6) is 0.762. The number of thioether (sulfide) groups is 2. The van der Waals surface area contributed by atoms with Gasteiger partial charge < -0.3 is 11.1 Å². The van der Waals surface area contributed by atoms with Gasteiger partial charge in [0.1, 0.15) is 5.54 Å². The summed E-state index contributed by atoms with van der Waals surface area (Å²) in [7, 11) is 0. The van der Waals surface area contributed by atoms with Crippen LogP contribution in [-0.2, 0) is 4.79 Å². The lowest BCUT2D eigenvalue weighted by Gasteiger charge is -2.31. The Morgan fingerprint density at radius 1 is 1.50 bits per heavy atom. The van der Waals surface area contributed by atoms with Crippen LogP contribution in [0.3, 0.4) is 0 Å². The van der Waals surface area contributed by atoms with Crippen molar-refractivity contribution < 1.29 is 4.79 Å². The molecular formula is C12H20N4OS3. The molecule has 20 heavy (non-hydrogen) atoms. The van der Waals surface area contributed by atoms with Gasteiger partial charge in [-0.25, -0.2) is 0 Å². The predicted octanol–water partition coefficient (Wildman–Crippen LogP) is 1.99. The van der Waals surface area contributed by atoms with E-state index >= 15 is 0 Å². The third-order valence-electron chi connectivity index (χ3n) is 3.39. The molecule has 1 saturated carbocycles. The first-order valence-corrected chi connectivity index (χ1v) is 9.70. The van der Waals surface area contributed by atoms with Crippen LogP contribution in [0.1, 0.15) is 26.2 Å². The van der Waals surface area contributed by atoms with Crippen LogP contribution < -0.4 is 11.1 Å². The third-order valence-corrected chi connectivity index (χ3v) is 6.62. The van der Waals surface area contributed by atoms with Crippen LogP contribution in [0.15, 0.2) is 8.68 Å². The van der Waals surface area contributed by atoms with E-state index in [0.717, 1.165) is 34.5 Å². The fraction of sp³-hybridized carbons (Fsp3) is 0.750. The van der Waals surface area contributed by atoms with E-state index < -0.39 is 5.54 Å². The molecule has 0 bridgehead atoms. The maximum atomic E-state index is 12.0. The van der Waals surface area contributed by atoms with E-state index in [4.69, 9.17) is 5.73 Å². The lowest BCUT2D eigenvalue weighted by atomic mass is 9.94. The van der Waals surface area contributed by atoms with E-state index in [2.05, 4.69) is 22.4 Å². The second-order valence-electron chi connectivity index (χ2n) is 4.86. The highest BCUT2D eigenvalue weighted by molar-refractivity contribution is 8.03. The number of carbonyl (C=O) groups is 1. The minimum Gasteiger partial charge on any atom is -0.368 e.